The maximum atomic E-state index is 7.40. The van der Waals surface area contributed by atoms with Gasteiger partial charge in [0.05, 0.1) is 16.8 Å². The van der Waals surface area contributed by atoms with E-state index >= 15 is 0 Å². The van der Waals surface area contributed by atoms with Gasteiger partial charge >= 0.3 is 6.85 Å². The minimum Gasteiger partial charge on any atom is -0.466 e. The molecule has 4 aliphatic rings. The van der Waals surface area contributed by atoms with Crippen LogP contribution < -0.4 is 20.8 Å². The summed E-state index contributed by atoms with van der Waals surface area (Å²) >= 11 is 0. The van der Waals surface area contributed by atoms with E-state index in [-0.39, 0.29) is 12.3 Å². The lowest BCUT2D eigenvalue weighted by molar-refractivity contribution is 0.590. The summed E-state index contributed by atoms with van der Waals surface area (Å²) in [5, 5.41) is 1.10. The van der Waals surface area contributed by atoms with E-state index in [0.29, 0.717) is 0 Å². The molecule has 0 bridgehead atoms. The van der Waals surface area contributed by atoms with E-state index in [1.54, 1.807) is 0 Å². The summed E-state index contributed by atoms with van der Waals surface area (Å²) in [7, 11) is 0. The monoisotopic (exact) mass is 830 g/mol. The number of para-hydroxylation sites is 3. The molecule has 1 spiro atoms. The number of benzene rings is 9. The first-order chi connectivity index (χ1) is 31.9. The van der Waals surface area contributed by atoms with Crippen LogP contribution in [0.15, 0.2) is 211 Å². The molecule has 4 heteroatoms. The summed E-state index contributed by atoms with van der Waals surface area (Å²) in [5.74, 6) is 0. The number of rotatable bonds is 3. The molecule has 14 rings (SSSR count). The summed E-state index contributed by atoms with van der Waals surface area (Å²) in [4.78, 5) is 5.20. The smallest absolute Gasteiger partial charge is 0.375 e. The third-order valence-electron chi connectivity index (χ3n) is 14.8. The number of furan rings is 1. The van der Waals surface area contributed by atoms with Gasteiger partial charge in [0.25, 0.3) is 0 Å². The number of hydrogen-bond donors (Lipinski definition) is 0. The molecule has 4 heterocycles. The number of hydrogen-bond acceptors (Lipinski definition) is 3. The van der Waals surface area contributed by atoms with Gasteiger partial charge in [-0.15, -0.1) is 0 Å². The first kappa shape index (κ1) is 36.6. The highest BCUT2D eigenvalue weighted by molar-refractivity contribution is 6.93. The molecule has 3 nitrogen and oxygen atoms in total. The molecule has 0 fully saturated rings. The maximum Gasteiger partial charge on any atom is 0.375 e. The minimum atomic E-state index is -0.528. The SMILES string of the molecule is CC(C)(C)c1ccc(N2c3cc(-c4ccccc4)cc4c3B(c3oc5ccccc5c32)N2c3ccccc3C3(c5ccccc5-c5ccccc53)c3cccc-4c32)c(-c2ccccc2)c1. The Morgan fingerprint density at radius 2 is 1.05 bits per heavy atom. The van der Waals surface area contributed by atoms with Crippen LogP contribution in [0.2, 0.25) is 0 Å². The van der Waals surface area contributed by atoms with E-state index in [1.807, 2.05) is 0 Å². The Balaban J connectivity index is 1.15. The lowest BCUT2D eigenvalue weighted by Crippen LogP contribution is -2.62. The fraction of sp³-hybridized carbons (Fsp3) is 0.0820. The van der Waals surface area contributed by atoms with Gasteiger partial charge < -0.3 is 14.1 Å². The van der Waals surface area contributed by atoms with E-state index in [1.165, 1.54) is 89.2 Å². The Labute approximate surface area is 380 Å². The second-order valence-corrected chi connectivity index (χ2v) is 19.1. The normalized spacial score (nSPS) is 14.4. The molecule has 65 heavy (non-hydrogen) atoms. The van der Waals surface area contributed by atoms with E-state index in [2.05, 4.69) is 237 Å². The Bertz CT molecular complexity index is 3570. The number of anilines is 5. The Kier molecular flexibility index (Phi) is 7.40. The van der Waals surface area contributed by atoms with E-state index in [9.17, 15) is 0 Å². The highest BCUT2D eigenvalue weighted by atomic mass is 16.3. The second-order valence-electron chi connectivity index (χ2n) is 19.1. The molecule has 0 radical (unpaired) electrons. The van der Waals surface area contributed by atoms with Crippen LogP contribution in [-0.4, -0.2) is 6.85 Å². The molecule has 0 saturated carbocycles. The van der Waals surface area contributed by atoms with Crippen molar-refractivity contribution in [1.29, 1.82) is 0 Å². The van der Waals surface area contributed by atoms with Crippen LogP contribution in [0.4, 0.5) is 28.4 Å². The van der Waals surface area contributed by atoms with Crippen molar-refractivity contribution in [2.24, 2.45) is 0 Å². The first-order valence-electron chi connectivity index (χ1n) is 22.9. The summed E-state index contributed by atoms with van der Waals surface area (Å²) in [6, 6.07) is 77.0. The van der Waals surface area contributed by atoms with Crippen LogP contribution in [0.1, 0.15) is 48.6 Å². The standard InChI is InChI=1S/C61H43BN2O/c1-60(2,3)41-33-34-52(46(37-41)39-21-8-5-9-22-39)63-54-36-40(38-19-6-4-7-20-38)35-47-44-26-18-30-51-57(44)64(62(56(47)54)59-58(63)45-25-12-17-32-55(45)65-59)53-31-16-15-29-50(53)61(51)48-27-13-10-23-42(48)43-24-11-14-28-49(43)61/h4-37H,1-3H3. The quantitative estimate of drug-likeness (QED) is 0.165. The average molecular weight is 831 g/mol. The molecule has 0 atom stereocenters. The van der Waals surface area contributed by atoms with Crippen molar-refractivity contribution < 1.29 is 4.42 Å². The molecule has 3 aliphatic heterocycles. The predicted octanol–water partition coefficient (Wildman–Crippen LogP) is 14.4. The van der Waals surface area contributed by atoms with Crippen LogP contribution in [0.25, 0.3) is 55.5 Å². The molecule has 0 amide bonds. The van der Waals surface area contributed by atoms with Crippen molar-refractivity contribution >= 4 is 57.4 Å². The van der Waals surface area contributed by atoms with Gasteiger partial charge in [0.1, 0.15) is 11.2 Å². The molecule has 1 aromatic heterocycles. The molecule has 306 valence electrons. The summed E-state index contributed by atoms with van der Waals surface area (Å²) in [6.07, 6.45) is 0. The molecule has 9 aromatic carbocycles. The third kappa shape index (κ3) is 4.81. The Morgan fingerprint density at radius 1 is 0.431 bits per heavy atom. The first-order valence-corrected chi connectivity index (χ1v) is 22.9. The Morgan fingerprint density at radius 3 is 1.78 bits per heavy atom. The largest absolute Gasteiger partial charge is 0.466 e. The molecule has 0 N–H and O–H groups in total. The summed E-state index contributed by atoms with van der Waals surface area (Å²) in [6.45, 7) is 6.65. The zero-order chi connectivity index (χ0) is 43.2. The van der Waals surface area contributed by atoms with Crippen molar-refractivity contribution in [1.82, 2.24) is 0 Å². The average Bonchev–Trinajstić information content (AvgIpc) is 3.88. The summed E-state index contributed by atoms with van der Waals surface area (Å²) < 4.78 is 7.40. The van der Waals surface area contributed by atoms with Crippen LogP contribution in [-0.2, 0) is 10.8 Å². The third-order valence-corrected chi connectivity index (χ3v) is 14.8. The molecule has 0 saturated heterocycles. The van der Waals surface area contributed by atoms with Gasteiger partial charge in [0.2, 0.25) is 0 Å². The van der Waals surface area contributed by atoms with Crippen molar-refractivity contribution in [3.05, 3.63) is 234 Å². The Hall–Kier alpha value is -7.82. The molecular weight excluding hydrogens is 787 g/mol. The van der Waals surface area contributed by atoms with Crippen LogP contribution >= 0.6 is 0 Å². The fourth-order valence-corrected chi connectivity index (χ4v) is 12.1. The highest BCUT2D eigenvalue weighted by Gasteiger charge is 2.57. The van der Waals surface area contributed by atoms with E-state index < -0.39 is 5.41 Å². The van der Waals surface area contributed by atoms with Crippen LogP contribution in [0.5, 0.6) is 0 Å². The van der Waals surface area contributed by atoms with Gasteiger partial charge in [0.15, 0.2) is 0 Å². The lowest BCUT2D eigenvalue weighted by atomic mass is 9.44. The van der Waals surface area contributed by atoms with E-state index in [0.717, 1.165) is 33.7 Å². The van der Waals surface area contributed by atoms with Crippen molar-refractivity contribution in [3.8, 4) is 44.5 Å². The zero-order valence-corrected chi connectivity index (χ0v) is 36.5. The zero-order valence-electron chi connectivity index (χ0n) is 36.5. The molecule has 10 aromatic rings. The predicted molar refractivity (Wildman–Crippen MR) is 270 cm³/mol. The van der Waals surface area contributed by atoms with Gasteiger partial charge in [0, 0.05) is 33.6 Å². The van der Waals surface area contributed by atoms with Gasteiger partial charge in [-0.2, -0.15) is 0 Å². The van der Waals surface area contributed by atoms with Crippen molar-refractivity contribution in [3.63, 3.8) is 0 Å². The van der Waals surface area contributed by atoms with Gasteiger partial charge in [-0.1, -0.05) is 185 Å². The molecule has 0 unspecified atom stereocenters. The van der Waals surface area contributed by atoms with Crippen LogP contribution in [0.3, 0.4) is 0 Å². The number of nitrogens with zero attached hydrogens (tertiary/aromatic N) is 2. The molecular formula is C61H43BN2O. The second kappa shape index (κ2) is 13.1. The van der Waals surface area contributed by atoms with Crippen molar-refractivity contribution in [2.45, 2.75) is 31.6 Å². The van der Waals surface area contributed by atoms with Gasteiger partial charge in [-0.25, -0.2) is 0 Å². The van der Waals surface area contributed by atoms with Gasteiger partial charge in [-0.3, -0.25) is 0 Å². The maximum absolute atomic E-state index is 7.40. The van der Waals surface area contributed by atoms with Crippen molar-refractivity contribution in [2.75, 3.05) is 9.71 Å². The van der Waals surface area contributed by atoms with Crippen LogP contribution in [0, 0.1) is 0 Å². The van der Waals surface area contributed by atoms with Gasteiger partial charge in [-0.05, 0) is 115 Å². The lowest BCUT2D eigenvalue weighted by Gasteiger charge is -2.51. The molecule has 1 aliphatic carbocycles. The fourth-order valence-electron chi connectivity index (χ4n) is 12.1. The summed E-state index contributed by atoms with van der Waals surface area (Å²) in [5.41, 5.74) is 24.7. The highest BCUT2D eigenvalue weighted by Crippen LogP contribution is 2.65. The number of fused-ring (bicyclic) bond motifs is 15. The minimum absolute atomic E-state index is 0.0459. The van der Waals surface area contributed by atoms with E-state index in [4.69, 9.17) is 4.42 Å². The topological polar surface area (TPSA) is 19.6 Å².